The van der Waals surface area contributed by atoms with Gasteiger partial charge in [-0.2, -0.15) is 0 Å². The van der Waals surface area contributed by atoms with E-state index >= 15 is 0 Å². The number of imidazole rings is 1. The first-order valence-corrected chi connectivity index (χ1v) is 11.5. The van der Waals surface area contributed by atoms with Crippen molar-refractivity contribution in [3.63, 3.8) is 0 Å². The molecule has 0 spiro atoms. The summed E-state index contributed by atoms with van der Waals surface area (Å²) in [6, 6.07) is 11.6. The van der Waals surface area contributed by atoms with Gasteiger partial charge in [0.2, 0.25) is 0 Å². The van der Waals surface area contributed by atoms with Gasteiger partial charge in [0, 0.05) is 0 Å². The average molecular weight is 520 g/mol. The predicted octanol–water partition coefficient (Wildman–Crippen LogP) is 4.64. The second-order valence-corrected chi connectivity index (χ2v) is 8.91. The molecule has 0 bridgehead atoms. The quantitative estimate of drug-likeness (QED) is 0.348. The Morgan fingerprint density at radius 1 is 1.28 bits per heavy atom. The molecule has 0 aliphatic heterocycles. The van der Waals surface area contributed by atoms with Crippen LogP contribution in [0.2, 0.25) is 0 Å². The number of thiazole rings is 1. The van der Waals surface area contributed by atoms with Gasteiger partial charge in [0.1, 0.15) is 0 Å². The van der Waals surface area contributed by atoms with Gasteiger partial charge in [0.15, 0.2) is 16.5 Å². The van der Waals surface area contributed by atoms with E-state index in [-0.39, 0.29) is 11.7 Å². The second-order valence-electron chi connectivity index (χ2n) is 6.73. The summed E-state index contributed by atoms with van der Waals surface area (Å²) < 4.78 is 15.2. The fraction of sp³-hybridized carbons (Fsp3) is 0.273. The molecule has 0 saturated heterocycles. The van der Waals surface area contributed by atoms with Gasteiger partial charge < -0.3 is 9.47 Å². The maximum absolute atomic E-state index is 13.0. The number of hydrogen-bond acceptors (Lipinski definition) is 5. The predicted molar refractivity (Wildman–Crippen MR) is 126 cm³/mol. The van der Waals surface area contributed by atoms with Gasteiger partial charge in [-0.15, -0.1) is 0 Å². The summed E-state index contributed by atoms with van der Waals surface area (Å²) in [6.07, 6.45) is 2.91. The number of rotatable bonds is 6. The van der Waals surface area contributed by atoms with E-state index in [1.807, 2.05) is 56.3 Å². The zero-order chi connectivity index (χ0) is 20.5. The van der Waals surface area contributed by atoms with Gasteiger partial charge in [0.05, 0.1) is 31.8 Å². The van der Waals surface area contributed by atoms with Crippen LogP contribution in [0.4, 0.5) is 0 Å². The Balaban J connectivity index is 1.83. The van der Waals surface area contributed by atoms with Crippen LogP contribution in [0.5, 0.6) is 11.5 Å². The molecule has 2 aromatic heterocycles. The fourth-order valence-electron chi connectivity index (χ4n) is 3.10. The largest absolute Gasteiger partial charge is 0.490 e. The van der Waals surface area contributed by atoms with Gasteiger partial charge >= 0.3 is 0 Å². The molecule has 0 amide bonds. The zero-order valence-electron chi connectivity index (χ0n) is 16.4. The number of hydrogen-bond donors (Lipinski definition) is 0. The lowest BCUT2D eigenvalue weighted by atomic mass is 10.2. The van der Waals surface area contributed by atoms with Gasteiger partial charge in [-0.05, 0) is 78.8 Å². The maximum atomic E-state index is 13.0. The van der Waals surface area contributed by atoms with Crippen LogP contribution in [0.3, 0.4) is 0 Å². The first-order chi connectivity index (χ1) is 14.0. The van der Waals surface area contributed by atoms with E-state index in [0.29, 0.717) is 21.8 Å². The lowest BCUT2D eigenvalue weighted by Crippen LogP contribution is -2.22. The summed E-state index contributed by atoms with van der Waals surface area (Å²) >= 11 is 3.66. The lowest BCUT2D eigenvalue weighted by Gasteiger charge is -2.18. The fourth-order valence-corrected chi connectivity index (χ4v) is 4.84. The van der Waals surface area contributed by atoms with Crippen molar-refractivity contribution in [1.29, 1.82) is 0 Å². The summed E-state index contributed by atoms with van der Waals surface area (Å²) in [5.74, 6) is 1.46. The van der Waals surface area contributed by atoms with Gasteiger partial charge in [-0.1, -0.05) is 30.4 Å². The number of halogens is 1. The minimum absolute atomic E-state index is 0.0494. The van der Waals surface area contributed by atoms with Crippen molar-refractivity contribution >= 4 is 56.0 Å². The van der Waals surface area contributed by atoms with Gasteiger partial charge in [0.25, 0.3) is 5.56 Å². The summed E-state index contributed by atoms with van der Waals surface area (Å²) in [5.41, 5.74) is 2.53. The number of para-hydroxylation sites is 2. The summed E-state index contributed by atoms with van der Waals surface area (Å²) in [6.45, 7) is 6.63. The molecule has 4 aromatic rings. The number of ether oxygens (including phenoxy) is 2. The summed E-state index contributed by atoms with van der Waals surface area (Å²) in [7, 11) is 0. The molecule has 0 saturated carbocycles. The van der Waals surface area contributed by atoms with Crippen LogP contribution < -0.4 is 19.6 Å². The summed E-state index contributed by atoms with van der Waals surface area (Å²) in [4.78, 5) is 18.3. The highest BCUT2D eigenvalue weighted by molar-refractivity contribution is 14.1. The van der Waals surface area contributed by atoms with Crippen molar-refractivity contribution in [3.05, 3.63) is 60.4 Å². The molecule has 7 heteroatoms. The van der Waals surface area contributed by atoms with Crippen molar-refractivity contribution in [2.24, 2.45) is 0 Å². The molecule has 2 aromatic carbocycles. The number of aromatic nitrogens is 2. The van der Waals surface area contributed by atoms with Crippen LogP contribution >= 0.6 is 33.9 Å². The molecule has 2 heterocycles. The Bertz CT molecular complexity index is 1300. The van der Waals surface area contributed by atoms with E-state index in [1.165, 1.54) is 11.3 Å². The van der Waals surface area contributed by atoms with Crippen LogP contribution in [-0.2, 0) is 0 Å². The second kappa shape index (κ2) is 8.31. The Labute approximate surface area is 186 Å². The lowest BCUT2D eigenvalue weighted by molar-refractivity contribution is 0.201. The number of fused-ring (bicyclic) bond motifs is 3. The molecule has 150 valence electrons. The first-order valence-electron chi connectivity index (χ1n) is 9.56. The highest BCUT2D eigenvalue weighted by Gasteiger charge is 2.15. The zero-order valence-corrected chi connectivity index (χ0v) is 19.4. The Kier molecular flexibility index (Phi) is 5.78. The topological polar surface area (TPSA) is 52.8 Å². The monoisotopic (exact) mass is 520 g/mol. The van der Waals surface area contributed by atoms with Crippen LogP contribution in [0, 0.1) is 3.57 Å². The number of nitrogens with zero attached hydrogens (tertiary/aromatic N) is 2. The van der Waals surface area contributed by atoms with E-state index in [1.54, 1.807) is 4.40 Å². The molecule has 29 heavy (non-hydrogen) atoms. The molecule has 1 atom stereocenters. The third-order valence-electron chi connectivity index (χ3n) is 4.67. The molecule has 4 rings (SSSR count). The van der Waals surface area contributed by atoms with Crippen LogP contribution in [0.25, 0.3) is 22.1 Å². The minimum Gasteiger partial charge on any atom is -0.490 e. The van der Waals surface area contributed by atoms with Crippen molar-refractivity contribution in [3.8, 4) is 11.5 Å². The number of benzene rings is 2. The van der Waals surface area contributed by atoms with Crippen molar-refractivity contribution in [1.82, 2.24) is 9.38 Å². The molecule has 0 N–H and O–H groups in total. The highest BCUT2D eigenvalue weighted by Crippen LogP contribution is 2.35. The Hall–Kier alpha value is -2.13. The van der Waals surface area contributed by atoms with E-state index < -0.39 is 0 Å². The van der Waals surface area contributed by atoms with Crippen molar-refractivity contribution in [2.45, 2.75) is 33.3 Å². The SMILES string of the molecule is CCOc1cc(C=c2sc3nc4ccccc4n3c2=O)cc(I)c1OC(C)CC. The smallest absolute Gasteiger partial charge is 0.274 e. The minimum atomic E-state index is -0.0494. The molecule has 0 aliphatic rings. The van der Waals surface area contributed by atoms with Crippen molar-refractivity contribution in [2.75, 3.05) is 6.61 Å². The molecular weight excluding hydrogens is 499 g/mol. The van der Waals surface area contributed by atoms with Gasteiger partial charge in [-0.3, -0.25) is 4.79 Å². The first kappa shape index (κ1) is 20.2. The molecule has 0 radical (unpaired) electrons. The van der Waals surface area contributed by atoms with E-state index in [2.05, 4.69) is 34.5 Å². The van der Waals surface area contributed by atoms with Gasteiger partial charge in [-0.25, -0.2) is 9.38 Å². The standard InChI is InChI=1S/C22H21IN2O3S/c1-4-13(3)28-20-15(23)10-14(11-18(20)27-5-2)12-19-21(26)25-17-9-7-6-8-16(17)24-22(25)29-19/h6-13H,4-5H2,1-3H3. The van der Waals surface area contributed by atoms with E-state index in [9.17, 15) is 4.79 Å². The Morgan fingerprint density at radius 2 is 2.07 bits per heavy atom. The normalized spacial score (nSPS) is 13.3. The molecule has 0 aliphatic carbocycles. The van der Waals surface area contributed by atoms with E-state index in [0.717, 1.165) is 32.3 Å². The third kappa shape index (κ3) is 3.85. The van der Waals surface area contributed by atoms with Crippen molar-refractivity contribution < 1.29 is 9.47 Å². The average Bonchev–Trinajstić information content (AvgIpc) is 3.21. The Morgan fingerprint density at radius 3 is 2.83 bits per heavy atom. The molecule has 5 nitrogen and oxygen atoms in total. The van der Waals surface area contributed by atoms with E-state index in [4.69, 9.17) is 9.47 Å². The highest BCUT2D eigenvalue weighted by atomic mass is 127. The maximum Gasteiger partial charge on any atom is 0.274 e. The van der Waals surface area contributed by atoms with Crippen LogP contribution in [-0.4, -0.2) is 22.1 Å². The van der Waals surface area contributed by atoms with Crippen LogP contribution in [0.1, 0.15) is 32.8 Å². The molecular formula is C22H21IN2O3S. The third-order valence-corrected chi connectivity index (χ3v) is 6.44. The molecule has 1 unspecified atom stereocenters. The molecule has 0 fully saturated rings. The summed E-state index contributed by atoms with van der Waals surface area (Å²) in [5, 5.41) is 0. The van der Waals surface area contributed by atoms with Crippen LogP contribution in [0.15, 0.2) is 41.2 Å².